The van der Waals surface area contributed by atoms with Crippen molar-refractivity contribution in [3.63, 3.8) is 0 Å². The third-order valence-electron chi connectivity index (χ3n) is 4.33. The van der Waals surface area contributed by atoms with Crippen molar-refractivity contribution in [1.82, 2.24) is 15.3 Å². The quantitative estimate of drug-likeness (QED) is 0.657. The molecule has 150 valence electrons. The van der Waals surface area contributed by atoms with Crippen LogP contribution < -0.4 is 19.5 Å². The van der Waals surface area contributed by atoms with Gasteiger partial charge in [0.2, 0.25) is 12.7 Å². The number of carbonyl (C=O) groups is 1. The maximum absolute atomic E-state index is 12.4. The molecule has 2 aromatic heterocycles. The molecule has 8 heteroatoms. The molecule has 0 bridgehead atoms. The van der Waals surface area contributed by atoms with E-state index in [-0.39, 0.29) is 31.0 Å². The molecule has 0 saturated heterocycles. The van der Waals surface area contributed by atoms with Crippen molar-refractivity contribution in [2.45, 2.75) is 32.9 Å². The highest BCUT2D eigenvalue weighted by Gasteiger charge is 2.17. The van der Waals surface area contributed by atoms with Crippen LogP contribution >= 0.6 is 0 Å². The smallest absolute Gasteiger partial charge is 0.273 e. The van der Waals surface area contributed by atoms with Crippen LogP contribution in [0, 0.1) is 6.92 Å². The van der Waals surface area contributed by atoms with E-state index in [0.717, 1.165) is 11.4 Å². The van der Waals surface area contributed by atoms with Crippen molar-refractivity contribution in [3.05, 3.63) is 65.6 Å². The first-order chi connectivity index (χ1) is 14.1. The van der Waals surface area contributed by atoms with E-state index >= 15 is 0 Å². The largest absolute Gasteiger partial charge is 0.484 e. The summed E-state index contributed by atoms with van der Waals surface area (Å²) in [6.07, 6.45) is 1.96. The number of oxazole rings is 1. The number of hydrogen-bond donors (Lipinski definition) is 1. The minimum Gasteiger partial charge on any atom is -0.484 e. The van der Waals surface area contributed by atoms with Crippen LogP contribution in [-0.4, -0.2) is 28.7 Å². The number of hydrogen-bond acceptors (Lipinski definition) is 7. The number of aryl methyl sites for hydroxylation is 1. The van der Waals surface area contributed by atoms with E-state index in [1.54, 1.807) is 18.2 Å². The number of nitrogens with zero attached hydrogens (tertiary/aromatic N) is 2. The molecule has 1 atom stereocenters. The van der Waals surface area contributed by atoms with Crippen LogP contribution in [0.5, 0.6) is 17.2 Å². The van der Waals surface area contributed by atoms with Gasteiger partial charge in [-0.25, -0.2) is 4.98 Å². The molecular formula is C21H21N3O5. The number of benzene rings is 1. The SMILES string of the molecule is Cc1cccc(C[C@@H](C)NC(=O)c2coc(COc3ccc4c(c3)OCO4)n2)n1. The highest BCUT2D eigenvalue weighted by molar-refractivity contribution is 5.92. The summed E-state index contributed by atoms with van der Waals surface area (Å²) in [4.78, 5) is 21.1. The van der Waals surface area contributed by atoms with Gasteiger partial charge in [0.15, 0.2) is 23.8 Å². The topological polar surface area (TPSA) is 95.7 Å². The molecule has 1 amide bonds. The average molecular weight is 395 g/mol. The second kappa shape index (κ2) is 8.22. The van der Waals surface area contributed by atoms with E-state index in [1.807, 2.05) is 32.0 Å². The van der Waals surface area contributed by atoms with Crippen LogP contribution in [-0.2, 0) is 13.0 Å². The Morgan fingerprint density at radius 2 is 2.07 bits per heavy atom. The molecule has 0 saturated carbocycles. The lowest BCUT2D eigenvalue weighted by atomic mass is 10.1. The van der Waals surface area contributed by atoms with Gasteiger partial charge in [-0.3, -0.25) is 9.78 Å². The van der Waals surface area contributed by atoms with E-state index in [9.17, 15) is 4.79 Å². The van der Waals surface area contributed by atoms with E-state index in [2.05, 4.69) is 15.3 Å². The molecule has 1 aliphatic rings. The molecular weight excluding hydrogens is 374 g/mol. The molecule has 1 aliphatic heterocycles. The third-order valence-corrected chi connectivity index (χ3v) is 4.33. The Morgan fingerprint density at radius 3 is 2.93 bits per heavy atom. The number of carbonyl (C=O) groups excluding carboxylic acids is 1. The van der Waals surface area contributed by atoms with E-state index in [0.29, 0.717) is 29.6 Å². The van der Waals surface area contributed by atoms with Crippen molar-refractivity contribution >= 4 is 5.91 Å². The fourth-order valence-corrected chi connectivity index (χ4v) is 2.97. The Bertz CT molecular complexity index is 1020. The number of aromatic nitrogens is 2. The zero-order chi connectivity index (χ0) is 20.2. The van der Waals surface area contributed by atoms with Crippen molar-refractivity contribution in [3.8, 4) is 17.2 Å². The number of amides is 1. The van der Waals surface area contributed by atoms with Crippen LogP contribution in [0.3, 0.4) is 0 Å². The summed E-state index contributed by atoms with van der Waals surface area (Å²) in [5, 5.41) is 2.91. The van der Waals surface area contributed by atoms with Gasteiger partial charge < -0.3 is 23.9 Å². The lowest BCUT2D eigenvalue weighted by Crippen LogP contribution is -2.34. The summed E-state index contributed by atoms with van der Waals surface area (Å²) in [5.41, 5.74) is 2.08. The lowest BCUT2D eigenvalue weighted by Gasteiger charge is -2.12. The predicted octanol–water partition coefficient (Wildman–Crippen LogP) is 3.05. The molecule has 0 aliphatic carbocycles. The number of rotatable bonds is 7. The number of nitrogens with one attached hydrogen (secondary N) is 1. The normalized spacial score (nSPS) is 13.2. The second-order valence-corrected chi connectivity index (χ2v) is 6.78. The summed E-state index contributed by atoms with van der Waals surface area (Å²) >= 11 is 0. The third kappa shape index (κ3) is 4.66. The van der Waals surface area contributed by atoms with Crippen LogP contribution in [0.2, 0.25) is 0 Å². The van der Waals surface area contributed by atoms with Gasteiger partial charge in [0.05, 0.1) is 0 Å². The average Bonchev–Trinajstić information content (AvgIpc) is 3.35. The van der Waals surface area contributed by atoms with Crippen molar-refractivity contribution in [2.24, 2.45) is 0 Å². The van der Waals surface area contributed by atoms with Gasteiger partial charge in [-0.2, -0.15) is 0 Å². The fraction of sp³-hybridized carbons (Fsp3) is 0.286. The first kappa shape index (κ1) is 18.8. The van der Waals surface area contributed by atoms with Crippen LogP contribution in [0.4, 0.5) is 0 Å². The summed E-state index contributed by atoms with van der Waals surface area (Å²) < 4.78 is 21.6. The number of pyridine rings is 1. The first-order valence-corrected chi connectivity index (χ1v) is 9.27. The molecule has 8 nitrogen and oxygen atoms in total. The maximum atomic E-state index is 12.4. The molecule has 3 aromatic rings. The van der Waals surface area contributed by atoms with E-state index < -0.39 is 0 Å². The highest BCUT2D eigenvalue weighted by atomic mass is 16.7. The molecule has 29 heavy (non-hydrogen) atoms. The monoisotopic (exact) mass is 395 g/mol. The molecule has 0 fully saturated rings. The lowest BCUT2D eigenvalue weighted by molar-refractivity contribution is 0.0935. The molecule has 4 rings (SSSR count). The summed E-state index contributed by atoms with van der Waals surface area (Å²) in [6, 6.07) is 11.0. The highest BCUT2D eigenvalue weighted by Crippen LogP contribution is 2.35. The fourth-order valence-electron chi connectivity index (χ4n) is 2.97. The van der Waals surface area contributed by atoms with Crippen LogP contribution in [0.15, 0.2) is 47.1 Å². The molecule has 0 radical (unpaired) electrons. The minimum absolute atomic E-state index is 0.0929. The van der Waals surface area contributed by atoms with Crippen molar-refractivity contribution < 1.29 is 23.4 Å². The zero-order valence-electron chi connectivity index (χ0n) is 16.2. The van der Waals surface area contributed by atoms with Gasteiger partial charge in [-0.1, -0.05) is 6.07 Å². The minimum atomic E-state index is -0.303. The Kier molecular flexibility index (Phi) is 5.33. The second-order valence-electron chi connectivity index (χ2n) is 6.78. The summed E-state index contributed by atoms with van der Waals surface area (Å²) in [5.74, 6) is 1.91. The summed E-state index contributed by atoms with van der Waals surface area (Å²) in [6.45, 7) is 4.16. The maximum Gasteiger partial charge on any atom is 0.273 e. The van der Waals surface area contributed by atoms with Gasteiger partial charge in [-0.05, 0) is 38.1 Å². The zero-order valence-corrected chi connectivity index (χ0v) is 16.2. The van der Waals surface area contributed by atoms with Gasteiger partial charge in [0, 0.05) is 29.9 Å². The van der Waals surface area contributed by atoms with Gasteiger partial charge >= 0.3 is 0 Å². The Balaban J connectivity index is 1.30. The van der Waals surface area contributed by atoms with Crippen LogP contribution in [0.25, 0.3) is 0 Å². The molecule has 0 spiro atoms. The Hall–Kier alpha value is -3.55. The number of ether oxygens (including phenoxy) is 3. The number of fused-ring (bicyclic) bond motifs is 1. The van der Waals surface area contributed by atoms with E-state index in [1.165, 1.54) is 6.26 Å². The molecule has 0 unspecified atom stereocenters. The standard InChI is InChI=1S/C21H21N3O5/c1-13-4-3-5-15(22-13)8-14(2)23-21(25)17-10-27-20(24-17)11-26-16-6-7-18-19(9-16)29-12-28-18/h3-7,9-10,14H,8,11-12H2,1-2H3,(H,23,25)/t14-/m1/s1. The van der Waals surface area contributed by atoms with Crippen molar-refractivity contribution in [1.29, 1.82) is 0 Å². The Morgan fingerprint density at radius 1 is 1.21 bits per heavy atom. The van der Waals surface area contributed by atoms with Gasteiger partial charge in [0.1, 0.15) is 12.0 Å². The first-order valence-electron chi connectivity index (χ1n) is 9.27. The van der Waals surface area contributed by atoms with Gasteiger partial charge in [-0.15, -0.1) is 0 Å². The van der Waals surface area contributed by atoms with Gasteiger partial charge in [0.25, 0.3) is 5.91 Å². The Labute approximate surface area is 167 Å². The van der Waals surface area contributed by atoms with E-state index in [4.69, 9.17) is 18.6 Å². The molecule has 3 heterocycles. The molecule has 1 aromatic carbocycles. The predicted molar refractivity (Wildman–Crippen MR) is 103 cm³/mol. The van der Waals surface area contributed by atoms with Crippen molar-refractivity contribution in [2.75, 3.05) is 6.79 Å². The summed E-state index contributed by atoms with van der Waals surface area (Å²) in [7, 11) is 0. The molecule has 1 N–H and O–H groups in total. The van der Waals surface area contributed by atoms with Crippen LogP contribution in [0.1, 0.15) is 34.7 Å².